The van der Waals surface area contributed by atoms with Gasteiger partial charge in [0.15, 0.2) is 0 Å². The van der Waals surface area contributed by atoms with E-state index in [1.165, 1.54) is 0 Å². The number of hydrogen-bond acceptors (Lipinski definition) is 2. The number of ether oxygens (including phenoxy) is 1. The van der Waals surface area contributed by atoms with E-state index in [2.05, 4.69) is 4.57 Å². The Labute approximate surface area is 177 Å². The number of carbonyl (C=O) groups is 1. The molecule has 0 saturated carbocycles. The molecule has 0 aliphatic carbocycles. The van der Waals surface area contributed by atoms with Gasteiger partial charge in [0, 0.05) is 29.7 Å². The van der Waals surface area contributed by atoms with Gasteiger partial charge in [-0.15, -0.1) is 0 Å². The van der Waals surface area contributed by atoms with Gasteiger partial charge in [0.05, 0.1) is 16.5 Å². The average Bonchev–Trinajstić information content (AvgIpc) is 3.03. The largest absolute Gasteiger partial charge is 0.481 e. The van der Waals surface area contributed by atoms with Crippen molar-refractivity contribution >= 4 is 40.1 Å². The zero-order valence-corrected chi connectivity index (χ0v) is 16.8. The molecule has 3 aromatic carbocycles. The van der Waals surface area contributed by atoms with Crippen molar-refractivity contribution in [2.24, 2.45) is 0 Å². The minimum Gasteiger partial charge on any atom is -0.481 e. The summed E-state index contributed by atoms with van der Waals surface area (Å²) in [6.45, 7) is 0.632. The monoisotopic (exact) mass is 425 g/mol. The molecule has 0 aliphatic heterocycles. The van der Waals surface area contributed by atoms with Gasteiger partial charge in [-0.2, -0.15) is 0 Å². The molecule has 6 heteroatoms. The first-order valence-corrected chi connectivity index (χ1v) is 9.75. The maximum Gasteiger partial charge on any atom is 0.307 e. The van der Waals surface area contributed by atoms with Gasteiger partial charge in [0.2, 0.25) is 0 Å². The van der Waals surface area contributed by atoms with Crippen LogP contribution in [0.1, 0.15) is 11.1 Å². The number of fused-ring (bicyclic) bond motifs is 1. The molecular formula is C23H17Cl2NO3. The first-order chi connectivity index (χ1) is 14.0. The topological polar surface area (TPSA) is 51.5 Å². The van der Waals surface area contributed by atoms with Crippen LogP contribution in [-0.2, 0) is 17.8 Å². The lowest BCUT2D eigenvalue weighted by atomic mass is 10.1. The first-order valence-electron chi connectivity index (χ1n) is 9.00. The Bertz CT molecular complexity index is 1180. The van der Waals surface area contributed by atoms with E-state index in [-0.39, 0.29) is 6.42 Å². The van der Waals surface area contributed by atoms with Gasteiger partial charge in [-0.25, -0.2) is 0 Å². The van der Waals surface area contributed by atoms with E-state index in [0.29, 0.717) is 28.1 Å². The summed E-state index contributed by atoms with van der Waals surface area (Å²) < 4.78 is 7.89. The molecular weight excluding hydrogens is 409 g/mol. The Morgan fingerprint density at radius 3 is 2.38 bits per heavy atom. The van der Waals surface area contributed by atoms with Crippen LogP contribution in [-0.4, -0.2) is 15.6 Å². The van der Waals surface area contributed by atoms with Crippen molar-refractivity contribution in [1.29, 1.82) is 0 Å². The molecule has 0 bridgehead atoms. The average molecular weight is 426 g/mol. The van der Waals surface area contributed by atoms with E-state index in [4.69, 9.17) is 27.9 Å². The number of hydrogen-bond donors (Lipinski definition) is 1. The molecule has 146 valence electrons. The summed E-state index contributed by atoms with van der Waals surface area (Å²) in [6, 6.07) is 20.7. The Hall–Kier alpha value is -2.95. The molecule has 0 spiro atoms. The van der Waals surface area contributed by atoms with Gasteiger partial charge < -0.3 is 14.4 Å². The Morgan fingerprint density at radius 1 is 0.931 bits per heavy atom. The van der Waals surface area contributed by atoms with Crippen LogP contribution in [0.2, 0.25) is 10.0 Å². The van der Waals surface area contributed by atoms with Crippen molar-refractivity contribution in [3.63, 3.8) is 0 Å². The molecule has 4 nitrogen and oxygen atoms in total. The van der Waals surface area contributed by atoms with Crippen LogP contribution in [0.5, 0.6) is 11.5 Å². The molecule has 29 heavy (non-hydrogen) atoms. The molecule has 1 heterocycles. The number of carboxylic acids is 1. The van der Waals surface area contributed by atoms with E-state index in [1.807, 2.05) is 54.7 Å². The summed E-state index contributed by atoms with van der Waals surface area (Å²) in [5, 5.41) is 11.1. The van der Waals surface area contributed by atoms with Gasteiger partial charge in [-0.1, -0.05) is 53.5 Å². The van der Waals surface area contributed by atoms with Gasteiger partial charge in [-0.05, 0) is 41.5 Å². The highest BCUT2D eigenvalue weighted by Crippen LogP contribution is 2.30. The third-order valence-corrected chi connectivity index (χ3v) is 5.35. The fourth-order valence-corrected chi connectivity index (χ4v) is 3.58. The van der Waals surface area contributed by atoms with Crippen LogP contribution < -0.4 is 4.74 Å². The van der Waals surface area contributed by atoms with Crippen LogP contribution >= 0.6 is 23.2 Å². The molecule has 0 fully saturated rings. The number of aromatic nitrogens is 1. The molecule has 0 amide bonds. The number of aliphatic carboxylic acids is 1. The molecule has 0 saturated heterocycles. The first kappa shape index (κ1) is 19.4. The minimum atomic E-state index is -0.836. The van der Waals surface area contributed by atoms with Gasteiger partial charge in [-0.3, -0.25) is 4.79 Å². The quantitative estimate of drug-likeness (QED) is 0.387. The summed E-state index contributed by atoms with van der Waals surface area (Å²) in [5.41, 5.74) is 2.90. The Morgan fingerprint density at radius 2 is 1.66 bits per heavy atom. The van der Waals surface area contributed by atoms with E-state index in [1.54, 1.807) is 18.2 Å². The summed E-state index contributed by atoms with van der Waals surface area (Å²) in [5.74, 6) is 0.467. The predicted octanol–water partition coefficient (Wildman–Crippen LogP) is 6.42. The zero-order valence-electron chi connectivity index (χ0n) is 15.3. The SMILES string of the molecule is O=C(O)Cc1cn(Cc2ccc(Oc3ccc(Cl)c(Cl)c3)cc2)c2ccccc12. The molecule has 0 radical (unpaired) electrons. The highest BCUT2D eigenvalue weighted by atomic mass is 35.5. The molecule has 4 rings (SSSR count). The minimum absolute atomic E-state index is 0.00391. The zero-order chi connectivity index (χ0) is 20.4. The smallest absolute Gasteiger partial charge is 0.307 e. The van der Waals surface area contributed by atoms with Crippen molar-refractivity contribution in [2.45, 2.75) is 13.0 Å². The lowest BCUT2D eigenvalue weighted by Gasteiger charge is -2.09. The molecule has 1 aromatic heterocycles. The van der Waals surface area contributed by atoms with Gasteiger partial charge in [0.1, 0.15) is 11.5 Å². The number of para-hydroxylation sites is 1. The summed E-state index contributed by atoms with van der Waals surface area (Å²) in [7, 11) is 0. The standard InChI is InChI=1S/C23H17Cl2NO3/c24-20-10-9-18(12-21(20)25)29-17-7-5-15(6-8-17)13-26-14-16(11-23(27)28)19-3-1-2-4-22(19)26/h1-10,12,14H,11,13H2,(H,27,28). The maximum absolute atomic E-state index is 11.2. The Balaban J connectivity index is 1.54. The van der Waals surface area contributed by atoms with Gasteiger partial charge in [0.25, 0.3) is 0 Å². The lowest BCUT2D eigenvalue weighted by molar-refractivity contribution is -0.136. The van der Waals surface area contributed by atoms with Crippen LogP contribution in [0.4, 0.5) is 0 Å². The highest BCUT2D eigenvalue weighted by Gasteiger charge is 2.11. The van der Waals surface area contributed by atoms with E-state index in [0.717, 1.165) is 22.0 Å². The molecule has 4 aromatic rings. The lowest BCUT2D eigenvalue weighted by Crippen LogP contribution is -2.00. The second kappa shape index (κ2) is 8.19. The number of halogens is 2. The van der Waals surface area contributed by atoms with Gasteiger partial charge >= 0.3 is 5.97 Å². The number of carboxylic acid groups (broad SMARTS) is 1. The fraction of sp³-hybridized carbons (Fsp3) is 0.0870. The van der Waals surface area contributed by atoms with Crippen molar-refractivity contribution in [3.05, 3.63) is 94.1 Å². The van der Waals surface area contributed by atoms with Crippen LogP contribution in [0, 0.1) is 0 Å². The van der Waals surface area contributed by atoms with E-state index >= 15 is 0 Å². The summed E-state index contributed by atoms with van der Waals surface area (Å²) in [6.07, 6.45) is 1.92. The van der Waals surface area contributed by atoms with E-state index < -0.39 is 5.97 Å². The van der Waals surface area contributed by atoms with Crippen LogP contribution in [0.3, 0.4) is 0 Å². The summed E-state index contributed by atoms with van der Waals surface area (Å²) >= 11 is 12.0. The predicted molar refractivity (Wildman–Crippen MR) is 115 cm³/mol. The van der Waals surface area contributed by atoms with Crippen molar-refractivity contribution in [2.75, 3.05) is 0 Å². The maximum atomic E-state index is 11.2. The van der Waals surface area contributed by atoms with Crippen molar-refractivity contribution in [1.82, 2.24) is 4.57 Å². The highest BCUT2D eigenvalue weighted by molar-refractivity contribution is 6.42. The molecule has 0 unspecified atom stereocenters. The third-order valence-electron chi connectivity index (χ3n) is 4.62. The number of benzene rings is 3. The molecule has 1 N–H and O–H groups in total. The fourth-order valence-electron chi connectivity index (χ4n) is 3.29. The molecule has 0 aliphatic rings. The van der Waals surface area contributed by atoms with Crippen molar-refractivity contribution < 1.29 is 14.6 Å². The second-order valence-corrected chi connectivity index (χ2v) is 7.51. The number of nitrogens with zero attached hydrogens (tertiary/aromatic N) is 1. The van der Waals surface area contributed by atoms with Crippen LogP contribution in [0.15, 0.2) is 72.9 Å². The van der Waals surface area contributed by atoms with Crippen LogP contribution in [0.25, 0.3) is 10.9 Å². The summed E-state index contributed by atoms with van der Waals surface area (Å²) in [4.78, 5) is 11.2. The normalized spacial score (nSPS) is 11.0. The third kappa shape index (κ3) is 4.39. The van der Waals surface area contributed by atoms with Crippen molar-refractivity contribution in [3.8, 4) is 11.5 Å². The second-order valence-electron chi connectivity index (χ2n) is 6.69. The number of rotatable bonds is 6. The Kier molecular flexibility index (Phi) is 5.47. The van der Waals surface area contributed by atoms with E-state index in [9.17, 15) is 9.90 Å². The molecule has 0 atom stereocenters.